The van der Waals surface area contributed by atoms with E-state index in [9.17, 15) is 8.42 Å². The van der Waals surface area contributed by atoms with Crippen molar-refractivity contribution in [3.8, 4) is 0 Å². The fourth-order valence-electron chi connectivity index (χ4n) is 4.32. The summed E-state index contributed by atoms with van der Waals surface area (Å²) in [6.07, 6.45) is 6.66. The summed E-state index contributed by atoms with van der Waals surface area (Å²) < 4.78 is 25.8. The third-order valence-corrected chi connectivity index (χ3v) is 8.45. The molecule has 23 heavy (non-hydrogen) atoms. The molecule has 1 heterocycles. The predicted molar refractivity (Wildman–Crippen MR) is 95.5 cm³/mol. The normalized spacial score (nSPS) is 26.7. The molecular weight excluding hydrogens is 304 g/mol. The molecule has 0 aromatic heterocycles. The molecule has 0 radical (unpaired) electrons. The van der Waals surface area contributed by atoms with E-state index < -0.39 is 9.84 Å². The van der Waals surface area contributed by atoms with Gasteiger partial charge in [0.05, 0.1) is 10.1 Å². The first kappa shape index (κ1) is 17.0. The summed E-state index contributed by atoms with van der Waals surface area (Å²) in [4.78, 5) is 0.637. The Balaban J connectivity index is 2.04. The van der Waals surface area contributed by atoms with Gasteiger partial charge < -0.3 is 0 Å². The molecule has 2 unspecified atom stereocenters. The Morgan fingerprint density at radius 2 is 1.65 bits per heavy atom. The Morgan fingerprint density at radius 1 is 0.913 bits per heavy atom. The van der Waals surface area contributed by atoms with E-state index in [1.165, 1.54) is 30.4 Å². The van der Waals surface area contributed by atoms with Gasteiger partial charge in [-0.2, -0.15) is 0 Å². The summed E-state index contributed by atoms with van der Waals surface area (Å²) in [6.45, 7) is 8.65. The first-order valence-electron chi connectivity index (χ1n) is 9.19. The standard InChI is InChI=1S/C20H30O2S/c1-13(2)15-7-5-6-8-16-10-18-12-19(14(3)4)23(21,22)20(18)11-17(16)9-15/h10-11,13-15,19H,5-9,12H2,1-4H3. The second-order valence-corrected chi connectivity index (χ2v) is 10.3. The van der Waals surface area contributed by atoms with Crippen LogP contribution < -0.4 is 0 Å². The number of benzene rings is 1. The van der Waals surface area contributed by atoms with E-state index >= 15 is 0 Å². The topological polar surface area (TPSA) is 34.1 Å². The molecule has 0 spiro atoms. The van der Waals surface area contributed by atoms with Crippen molar-refractivity contribution in [2.75, 3.05) is 0 Å². The van der Waals surface area contributed by atoms with Crippen LogP contribution in [0.15, 0.2) is 17.0 Å². The Bertz CT molecular complexity index is 686. The zero-order valence-corrected chi connectivity index (χ0v) is 15.7. The maximum atomic E-state index is 12.9. The quantitative estimate of drug-likeness (QED) is 0.793. The number of sulfone groups is 1. The zero-order valence-electron chi connectivity index (χ0n) is 14.9. The van der Waals surface area contributed by atoms with Gasteiger partial charge in [-0.05, 0) is 72.6 Å². The Morgan fingerprint density at radius 3 is 2.30 bits per heavy atom. The van der Waals surface area contributed by atoms with Crippen LogP contribution in [0.3, 0.4) is 0 Å². The molecule has 1 aliphatic heterocycles. The lowest BCUT2D eigenvalue weighted by Gasteiger charge is -2.25. The monoisotopic (exact) mass is 334 g/mol. The van der Waals surface area contributed by atoms with Gasteiger partial charge in [0, 0.05) is 0 Å². The molecule has 1 aliphatic carbocycles. The van der Waals surface area contributed by atoms with Crippen molar-refractivity contribution in [1.82, 2.24) is 0 Å². The molecule has 1 aromatic rings. The molecular formula is C20H30O2S. The maximum absolute atomic E-state index is 12.9. The average Bonchev–Trinajstić information content (AvgIpc) is 2.69. The largest absolute Gasteiger partial charge is 0.223 e. The third kappa shape index (κ3) is 3.09. The summed E-state index contributed by atoms with van der Waals surface area (Å²) in [7, 11) is -3.14. The molecule has 0 fully saturated rings. The van der Waals surface area contributed by atoms with Crippen molar-refractivity contribution in [2.24, 2.45) is 17.8 Å². The minimum atomic E-state index is -3.14. The van der Waals surface area contributed by atoms with E-state index in [0.29, 0.717) is 23.2 Å². The maximum Gasteiger partial charge on any atom is 0.182 e. The van der Waals surface area contributed by atoms with Gasteiger partial charge in [-0.25, -0.2) is 8.42 Å². The predicted octanol–water partition coefficient (Wildman–Crippen LogP) is 4.58. The molecule has 2 atom stereocenters. The number of rotatable bonds is 2. The summed E-state index contributed by atoms with van der Waals surface area (Å²) >= 11 is 0. The third-order valence-electron chi connectivity index (χ3n) is 5.95. The van der Waals surface area contributed by atoms with Gasteiger partial charge in [-0.3, -0.25) is 0 Å². The van der Waals surface area contributed by atoms with Crippen LogP contribution in [0.5, 0.6) is 0 Å². The second kappa shape index (κ2) is 6.23. The summed E-state index contributed by atoms with van der Waals surface area (Å²) in [5.74, 6) is 1.52. The molecule has 0 saturated carbocycles. The molecule has 1 aromatic carbocycles. The number of fused-ring (bicyclic) bond motifs is 2. The van der Waals surface area contributed by atoms with Gasteiger partial charge in [0.1, 0.15) is 0 Å². The first-order chi connectivity index (χ1) is 10.8. The van der Waals surface area contributed by atoms with Crippen LogP contribution >= 0.6 is 0 Å². The minimum Gasteiger partial charge on any atom is -0.223 e. The van der Waals surface area contributed by atoms with E-state index in [2.05, 4.69) is 19.9 Å². The molecule has 2 aliphatic rings. The van der Waals surface area contributed by atoms with E-state index in [1.54, 1.807) is 0 Å². The lowest BCUT2D eigenvalue weighted by Crippen LogP contribution is -2.23. The average molecular weight is 335 g/mol. The molecule has 0 amide bonds. The molecule has 0 N–H and O–H groups in total. The van der Waals surface area contributed by atoms with Crippen LogP contribution in [-0.2, 0) is 29.1 Å². The first-order valence-corrected chi connectivity index (χ1v) is 10.7. The zero-order chi connectivity index (χ0) is 16.8. The van der Waals surface area contributed by atoms with Crippen LogP contribution in [0.25, 0.3) is 0 Å². The molecule has 3 heteroatoms. The molecule has 3 rings (SSSR count). The van der Waals surface area contributed by atoms with Gasteiger partial charge in [0.15, 0.2) is 9.84 Å². The van der Waals surface area contributed by atoms with Crippen LogP contribution in [0, 0.1) is 17.8 Å². The SMILES string of the molecule is CC(C)C1CCCCc2cc3c(cc2C1)S(=O)(=O)C(C(C)C)C3. The molecule has 2 nitrogen and oxygen atoms in total. The molecule has 0 saturated heterocycles. The van der Waals surface area contributed by atoms with E-state index in [0.717, 1.165) is 18.4 Å². The van der Waals surface area contributed by atoms with Gasteiger partial charge in [-0.15, -0.1) is 0 Å². The van der Waals surface area contributed by atoms with Crippen molar-refractivity contribution in [1.29, 1.82) is 0 Å². The van der Waals surface area contributed by atoms with E-state index in [1.807, 2.05) is 19.9 Å². The highest BCUT2D eigenvalue weighted by molar-refractivity contribution is 7.92. The van der Waals surface area contributed by atoms with Crippen LogP contribution in [-0.4, -0.2) is 13.7 Å². The smallest absolute Gasteiger partial charge is 0.182 e. The summed E-state index contributed by atoms with van der Waals surface area (Å²) in [5, 5.41) is -0.230. The van der Waals surface area contributed by atoms with Crippen molar-refractivity contribution in [3.05, 3.63) is 28.8 Å². The fourth-order valence-corrected chi connectivity index (χ4v) is 6.58. The number of hydrogen-bond acceptors (Lipinski definition) is 2. The van der Waals surface area contributed by atoms with Crippen molar-refractivity contribution in [3.63, 3.8) is 0 Å². The van der Waals surface area contributed by atoms with Gasteiger partial charge >= 0.3 is 0 Å². The van der Waals surface area contributed by atoms with Gasteiger partial charge in [-0.1, -0.05) is 40.2 Å². The second-order valence-electron chi connectivity index (χ2n) is 8.21. The van der Waals surface area contributed by atoms with Crippen LogP contribution in [0.2, 0.25) is 0 Å². The lowest BCUT2D eigenvalue weighted by molar-refractivity contribution is 0.339. The minimum absolute atomic E-state index is 0.179. The van der Waals surface area contributed by atoms with Gasteiger partial charge in [0.25, 0.3) is 0 Å². The highest BCUT2D eigenvalue weighted by atomic mass is 32.2. The van der Waals surface area contributed by atoms with Crippen LogP contribution in [0.4, 0.5) is 0 Å². The molecule has 128 valence electrons. The van der Waals surface area contributed by atoms with Crippen molar-refractivity contribution in [2.45, 2.75) is 76.4 Å². The Hall–Kier alpha value is -0.830. The van der Waals surface area contributed by atoms with E-state index in [4.69, 9.17) is 0 Å². The highest BCUT2D eigenvalue weighted by Gasteiger charge is 2.39. The van der Waals surface area contributed by atoms with Crippen molar-refractivity contribution >= 4 is 9.84 Å². The fraction of sp³-hybridized carbons (Fsp3) is 0.700. The van der Waals surface area contributed by atoms with Gasteiger partial charge in [0.2, 0.25) is 0 Å². The van der Waals surface area contributed by atoms with E-state index in [-0.39, 0.29) is 11.2 Å². The number of hydrogen-bond donors (Lipinski definition) is 0. The lowest BCUT2D eigenvalue weighted by atomic mass is 9.80. The molecule has 0 bridgehead atoms. The van der Waals surface area contributed by atoms with Crippen LogP contribution in [0.1, 0.15) is 63.6 Å². The Labute approximate surface area is 141 Å². The van der Waals surface area contributed by atoms with Crippen molar-refractivity contribution < 1.29 is 8.42 Å². The summed E-state index contributed by atoms with van der Waals surface area (Å²) in [5.41, 5.74) is 3.79. The summed E-state index contributed by atoms with van der Waals surface area (Å²) in [6, 6.07) is 4.27. The number of aryl methyl sites for hydroxylation is 1. The Kier molecular flexibility index (Phi) is 4.61. The highest BCUT2D eigenvalue weighted by Crippen LogP contribution is 2.38.